The molecule has 1 aliphatic heterocycles. The van der Waals surface area contributed by atoms with E-state index in [1.165, 1.54) is 14.2 Å². The van der Waals surface area contributed by atoms with Gasteiger partial charge in [-0.25, -0.2) is 19.6 Å². The lowest BCUT2D eigenvalue weighted by atomic mass is 9.98. The van der Waals surface area contributed by atoms with Crippen molar-refractivity contribution in [3.63, 3.8) is 0 Å². The highest BCUT2D eigenvalue weighted by Crippen LogP contribution is 2.58. The smallest absolute Gasteiger partial charge is 0.407 e. The zero-order valence-corrected chi connectivity index (χ0v) is 37.6. The summed E-state index contributed by atoms with van der Waals surface area (Å²) in [5.41, 5.74) is 5.93. The van der Waals surface area contributed by atoms with Crippen LogP contribution in [0.25, 0.3) is 44.4 Å². The number of methoxy groups -OCH3 is 2. The zero-order valence-electron chi connectivity index (χ0n) is 37.6. The summed E-state index contributed by atoms with van der Waals surface area (Å²) in [6, 6.07) is 19.0. The normalized spacial score (nSPS) is 18.2. The van der Waals surface area contributed by atoms with Crippen molar-refractivity contribution in [3.8, 4) is 33.6 Å². The molecule has 14 heteroatoms. The van der Waals surface area contributed by atoms with E-state index < -0.39 is 30.3 Å². The molecule has 8 rings (SSSR count). The Bertz CT molecular complexity index is 2520. The van der Waals surface area contributed by atoms with E-state index in [-0.39, 0.29) is 41.1 Å². The van der Waals surface area contributed by atoms with E-state index in [1.54, 1.807) is 12.3 Å². The number of likely N-dealkylation sites (tertiary alicyclic amines) is 1. The Balaban J connectivity index is 0.974. The average molecular weight is 869 g/mol. The summed E-state index contributed by atoms with van der Waals surface area (Å²) in [4.78, 5) is 72.9. The standard InChI is InChI=1S/C50H60N8O6/c1-8-40(58(37-11-9-10-12-37)47(60)43(30(4)5)56-49(62)64-7)44-51-27-39(54-44)36-20-19-34-23-33(17-18-35(34)24-36)31-13-15-32(16-14-31)38-26-52-45(53-38)41-25-50(21-22-50)28-57(41)46(59)42(29(2)3)55-48(61)63-6/h8,13-20,23-24,26-27,29-30,37,40-43H,1,9-12,21-22,25,28H2,2-7H3,(H,51,54)(H,52,53)(H,55,61)(H,56,62). The molecule has 14 nitrogen and oxygen atoms in total. The summed E-state index contributed by atoms with van der Waals surface area (Å²) in [6.07, 6.45) is 10.9. The molecular formula is C50H60N8O6. The van der Waals surface area contributed by atoms with Crippen LogP contribution < -0.4 is 10.6 Å². The van der Waals surface area contributed by atoms with Gasteiger partial charge in [0.05, 0.1) is 44.0 Å². The molecule has 3 fully saturated rings. The second kappa shape index (κ2) is 18.3. The molecule has 4 amide bonds. The molecule has 3 aromatic carbocycles. The highest BCUT2D eigenvalue weighted by molar-refractivity contribution is 5.91. The van der Waals surface area contributed by atoms with Gasteiger partial charge in [-0.15, -0.1) is 6.58 Å². The minimum Gasteiger partial charge on any atom is -0.453 e. The van der Waals surface area contributed by atoms with Crippen LogP contribution in [0.5, 0.6) is 0 Å². The van der Waals surface area contributed by atoms with Gasteiger partial charge in [0, 0.05) is 18.2 Å². The van der Waals surface area contributed by atoms with Crippen molar-refractivity contribution >= 4 is 34.8 Å². The maximum atomic E-state index is 14.2. The van der Waals surface area contributed by atoms with Crippen LogP contribution in [0.1, 0.15) is 96.4 Å². The number of aromatic nitrogens is 4. The Labute approximate surface area is 374 Å². The number of fused-ring (bicyclic) bond motifs is 1. The number of nitrogens with one attached hydrogen (secondary N) is 4. The molecule has 2 saturated carbocycles. The molecule has 1 spiro atoms. The molecular weight excluding hydrogens is 809 g/mol. The number of aromatic amines is 2. The van der Waals surface area contributed by atoms with Crippen LogP contribution in [0.3, 0.4) is 0 Å². The average Bonchev–Trinajstić information content (AvgIpc) is 3.87. The molecule has 336 valence electrons. The van der Waals surface area contributed by atoms with Crippen molar-refractivity contribution in [3.05, 3.63) is 97.4 Å². The number of H-pyrrole nitrogens is 2. The van der Waals surface area contributed by atoms with Crippen LogP contribution in [0.15, 0.2) is 85.7 Å². The predicted octanol–water partition coefficient (Wildman–Crippen LogP) is 9.10. The fourth-order valence-electron chi connectivity index (χ4n) is 9.61. The van der Waals surface area contributed by atoms with E-state index in [1.807, 2.05) is 43.7 Å². The summed E-state index contributed by atoms with van der Waals surface area (Å²) < 4.78 is 9.68. The number of rotatable bonds is 14. The molecule has 2 aliphatic carbocycles. The van der Waals surface area contributed by atoms with Gasteiger partial charge in [0.2, 0.25) is 11.8 Å². The van der Waals surface area contributed by atoms with Crippen LogP contribution in [0.2, 0.25) is 0 Å². The van der Waals surface area contributed by atoms with Crippen molar-refractivity contribution in [2.24, 2.45) is 17.3 Å². The monoisotopic (exact) mass is 868 g/mol. The molecule has 5 aromatic rings. The highest BCUT2D eigenvalue weighted by Gasteiger charge is 2.55. The maximum absolute atomic E-state index is 14.2. The highest BCUT2D eigenvalue weighted by atomic mass is 16.5. The van der Waals surface area contributed by atoms with Gasteiger partial charge >= 0.3 is 12.2 Å². The predicted molar refractivity (Wildman–Crippen MR) is 246 cm³/mol. The van der Waals surface area contributed by atoms with Crippen LogP contribution in [-0.4, -0.2) is 92.6 Å². The Hall–Kier alpha value is -6.44. The number of carbonyl (C=O) groups excluding carboxylic acids is 4. The SMILES string of the molecule is C=CC(c1ncc(-c2ccc3cc(-c4ccc(-c5cnc(C6CC7(CC7)CN6C(=O)C(NC(=O)OC)C(C)C)[nH]5)cc4)ccc3c2)[nH]1)N(C(=O)C(NC(=O)OC)C(C)C)C1CCCC1. The summed E-state index contributed by atoms with van der Waals surface area (Å²) in [5, 5.41) is 7.67. The van der Waals surface area contributed by atoms with Gasteiger partial charge in [0.25, 0.3) is 0 Å². The first-order valence-corrected chi connectivity index (χ1v) is 22.5. The quantitative estimate of drug-likeness (QED) is 0.0800. The first-order chi connectivity index (χ1) is 30.8. The van der Waals surface area contributed by atoms with Crippen molar-refractivity contribution in [2.45, 2.75) is 103 Å². The number of carbonyl (C=O) groups is 4. The van der Waals surface area contributed by atoms with Crippen molar-refractivity contribution in [2.75, 3.05) is 20.8 Å². The number of hydrogen-bond donors (Lipinski definition) is 4. The van der Waals surface area contributed by atoms with E-state index in [9.17, 15) is 19.2 Å². The van der Waals surface area contributed by atoms with Crippen LogP contribution in [0.4, 0.5) is 9.59 Å². The van der Waals surface area contributed by atoms with Crippen LogP contribution >= 0.6 is 0 Å². The molecule has 64 heavy (non-hydrogen) atoms. The van der Waals surface area contributed by atoms with Crippen LogP contribution in [0, 0.1) is 17.3 Å². The largest absolute Gasteiger partial charge is 0.453 e. The lowest BCUT2D eigenvalue weighted by molar-refractivity contribution is -0.139. The summed E-state index contributed by atoms with van der Waals surface area (Å²) >= 11 is 0. The second-order valence-corrected chi connectivity index (χ2v) is 18.5. The summed E-state index contributed by atoms with van der Waals surface area (Å²) in [7, 11) is 2.60. The Morgan fingerprint density at radius 1 is 0.781 bits per heavy atom. The number of hydrogen-bond acceptors (Lipinski definition) is 8. The first kappa shape index (κ1) is 44.2. The van der Waals surface area contributed by atoms with Gasteiger partial charge in [0.1, 0.15) is 29.8 Å². The van der Waals surface area contributed by atoms with E-state index >= 15 is 0 Å². The molecule has 4 N–H and O–H groups in total. The van der Waals surface area contributed by atoms with Crippen molar-refractivity contribution in [1.29, 1.82) is 0 Å². The summed E-state index contributed by atoms with van der Waals surface area (Å²) in [6.45, 7) is 12.4. The molecule has 1 saturated heterocycles. The van der Waals surface area contributed by atoms with E-state index in [0.717, 1.165) is 95.2 Å². The second-order valence-electron chi connectivity index (χ2n) is 18.5. The van der Waals surface area contributed by atoms with Gasteiger partial charge in [0.15, 0.2) is 0 Å². The number of benzene rings is 3. The third kappa shape index (κ3) is 9.00. The maximum Gasteiger partial charge on any atom is 0.407 e. The lowest BCUT2D eigenvalue weighted by Gasteiger charge is -2.37. The van der Waals surface area contributed by atoms with E-state index in [2.05, 4.69) is 87.8 Å². The summed E-state index contributed by atoms with van der Waals surface area (Å²) in [5.74, 6) is 0.811. The van der Waals surface area contributed by atoms with Gasteiger partial charge in [-0.05, 0) is 89.0 Å². The van der Waals surface area contributed by atoms with Gasteiger partial charge in [-0.1, -0.05) is 95.1 Å². The molecule has 3 aliphatic rings. The first-order valence-electron chi connectivity index (χ1n) is 22.5. The van der Waals surface area contributed by atoms with Crippen LogP contribution in [-0.2, 0) is 19.1 Å². The number of imidazole rings is 2. The van der Waals surface area contributed by atoms with Crippen molar-refractivity contribution < 1.29 is 28.7 Å². The lowest BCUT2D eigenvalue weighted by Crippen LogP contribution is -2.54. The topological polar surface area (TPSA) is 175 Å². The zero-order chi connectivity index (χ0) is 45.3. The molecule has 4 unspecified atom stereocenters. The molecule has 0 bridgehead atoms. The number of amides is 4. The van der Waals surface area contributed by atoms with Gasteiger partial charge < -0.3 is 39.9 Å². The van der Waals surface area contributed by atoms with E-state index in [4.69, 9.17) is 19.4 Å². The Morgan fingerprint density at radius 2 is 1.34 bits per heavy atom. The number of ether oxygens (including phenoxy) is 2. The van der Waals surface area contributed by atoms with Gasteiger partial charge in [-0.2, -0.15) is 0 Å². The van der Waals surface area contributed by atoms with Crippen molar-refractivity contribution in [1.82, 2.24) is 40.4 Å². The fourth-order valence-corrected chi connectivity index (χ4v) is 9.61. The number of nitrogens with zero attached hydrogens (tertiary/aromatic N) is 4. The Kier molecular flexibility index (Phi) is 12.7. The van der Waals surface area contributed by atoms with Gasteiger partial charge in [-0.3, -0.25) is 9.59 Å². The molecule has 4 atom stereocenters. The molecule has 2 aromatic heterocycles. The van der Waals surface area contributed by atoms with E-state index in [0.29, 0.717) is 12.4 Å². The fraction of sp³-hybridized carbons (Fsp3) is 0.440. The number of alkyl carbamates (subject to hydrolysis) is 2. The third-order valence-corrected chi connectivity index (χ3v) is 13.5. The molecule has 3 heterocycles. The molecule has 0 radical (unpaired) electrons. The minimum absolute atomic E-state index is 0.00139. The Morgan fingerprint density at radius 3 is 1.95 bits per heavy atom. The minimum atomic E-state index is -0.760. The third-order valence-electron chi connectivity index (χ3n) is 13.5.